The van der Waals surface area contributed by atoms with Crippen molar-refractivity contribution >= 4 is 11.9 Å². The molecule has 1 amide bonds. The number of carbonyl (C=O) groups excluding carboxylic acids is 2. The van der Waals surface area contributed by atoms with Crippen LogP contribution in [0.4, 0.5) is 18.0 Å². The SMILES string of the molecule is CCOC(=O)N(Cc1ccccc1)C[C@]1(O)CC[C@H]2c3ccc(cc3C(=O)c3cccc(C(F)(F)F)c3)C[C@@H](O)CCC(C)=CCC[C@@]21C. The van der Waals surface area contributed by atoms with Gasteiger partial charge in [0.2, 0.25) is 0 Å². The molecule has 0 radical (unpaired) electrons. The number of aliphatic hydroxyl groups excluding tert-OH is 1. The van der Waals surface area contributed by atoms with Gasteiger partial charge in [0.05, 0.1) is 30.4 Å². The van der Waals surface area contributed by atoms with Crippen molar-refractivity contribution in [2.24, 2.45) is 5.41 Å². The maximum absolute atomic E-state index is 14.2. The number of halogens is 3. The molecule has 1 fully saturated rings. The van der Waals surface area contributed by atoms with Crippen LogP contribution in [0.15, 0.2) is 84.4 Å². The summed E-state index contributed by atoms with van der Waals surface area (Å²) in [6, 6.07) is 19.4. The molecule has 0 saturated heterocycles. The topological polar surface area (TPSA) is 87.1 Å². The van der Waals surface area contributed by atoms with E-state index >= 15 is 0 Å². The molecule has 0 heterocycles. The number of nitrogens with zero attached hydrogens (tertiary/aromatic N) is 1. The van der Waals surface area contributed by atoms with Crippen molar-refractivity contribution in [3.05, 3.63) is 118 Å². The highest BCUT2D eigenvalue weighted by molar-refractivity contribution is 6.10. The maximum Gasteiger partial charge on any atom is 0.416 e. The normalized spacial score (nSPS) is 24.4. The molecule has 0 aromatic heterocycles. The molecule has 4 atom stereocenters. The Balaban J connectivity index is 1.61. The molecule has 1 saturated carbocycles. The Kier molecular flexibility index (Phi) is 11.0. The van der Waals surface area contributed by atoms with Gasteiger partial charge in [-0.05, 0) is 99.6 Å². The highest BCUT2D eigenvalue weighted by Crippen LogP contribution is 2.59. The molecule has 6 nitrogen and oxygen atoms in total. The van der Waals surface area contributed by atoms with Gasteiger partial charge in [-0.1, -0.05) is 73.2 Å². The summed E-state index contributed by atoms with van der Waals surface area (Å²) in [5, 5.41) is 23.6. The number of hydrogen-bond donors (Lipinski definition) is 2. The third kappa shape index (κ3) is 8.10. The molecular weight excluding hydrogens is 631 g/mol. The smallest absolute Gasteiger partial charge is 0.416 e. The number of amides is 1. The number of ether oxygens (including phenoxy) is 1. The van der Waals surface area contributed by atoms with Gasteiger partial charge >= 0.3 is 12.3 Å². The Labute approximate surface area is 286 Å². The molecule has 3 aliphatic rings. The quantitative estimate of drug-likeness (QED) is 0.193. The second kappa shape index (κ2) is 14.9. The number of benzene rings is 3. The highest BCUT2D eigenvalue weighted by Gasteiger charge is 2.57. The van der Waals surface area contributed by atoms with E-state index in [1.165, 1.54) is 17.0 Å². The van der Waals surface area contributed by atoms with Crippen LogP contribution in [0.5, 0.6) is 0 Å². The summed E-state index contributed by atoms with van der Waals surface area (Å²) in [6.45, 7) is 6.17. The largest absolute Gasteiger partial charge is 0.450 e. The van der Waals surface area contributed by atoms with E-state index in [-0.39, 0.29) is 43.2 Å². The van der Waals surface area contributed by atoms with Crippen molar-refractivity contribution in [2.75, 3.05) is 13.2 Å². The standard InChI is InChI=1S/C40H46F3NO5/c1-4-49-37(47)44(25-28-11-6-5-7-12-28)26-39(48)21-19-35-33-18-16-29(22-32(45)17-15-27(2)10-9-20-38(35,39)3)23-34(33)36(46)30-13-8-14-31(24-30)40(41,42)43/h5-8,10-14,16,18,23-24,32,35,45,48H,4,9,15,17,19-22,25-26H2,1-3H3/t32-,35-,38-,39+/m0/s1. The van der Waals surface area contributed by atoms with Crippen molar-refractivity contribution in [1.82, 2.24) is 4.90 Å². The summed E-state index contributed by atoms with van der Waals surface area (Å²) in [6.07, 6.45) is -0.247. The summed E-state index contributed by atoms with van der Waals surface area (Å²) in [7, 11) is 0. The highest BCUT2D eigenvalue weighted by atomic mass is 19.4. The summed E-state index contributed by atoms with van der Waals surface area (Å²) in [5.41, 5.74) is 0.398. The average Bonchev–Trinajstić information content (AvgIpc) is 3.32. The van der Waals surface area contributed by atoms with Gasteiger partial charge in [-0.2, -0.15) is 13.2 Å². The molecule has 49 heavy (non-hydrogen) atoms. The third-order valence-electron chi connectivity index (χ3n) is 10.6. The van der Waals surface area contributed by atoms with E-state index in [9.17, 15) is 33.0 Å². The van der Waals surface area contributed by atoms with E-state index in [1.54, 1.807) is 13.0 Å². The lowest BCUT2D eigenvalue weighted by Crippen LogP contribution is -2.53. The van der Waals surface area contributed by atoms with E-state index in [1.807, 2.05) is 56.3 Å². The zero-order valence-corrected chi connectivity index (χ0v) is 28.4. The van der Waals surface area contributed by atoms with Crippen molar-refractivity contribution in [1.29, 1.82) is 0 Å². The van der Waals surface area contributed by atoms with Crippen molar-refractivity contribution in [2.45, 2.75) is 96.1 Å². The van der Waals surface area contributed by atoms with Gasteiger partial charge in [0.1, 0.15) is 0 Å². The number of alkyl halides is 3. The number of carbonyl (C=O) groups is 2. The number of fused-ring (bicyclic) bond motifs is 8. The first kappa shape index (κ1) is 36.3. The fourth-order valence-corrected chi connectivity index (χ4v) is 7.71. The molecule has 262 valence electrons. The predicted molar refractivity (Wildman–Crippen MR) is 182 cm³/mol. The molecule has 0 spiro atoms. The Morgan fingerprint density at radius 1 is 1.00 bits per heavy atom. The monoisotopic (exact) mass is 677 g/mol. The Morgan fingerprint density at radius 3 is 2.47 bits per heavy atom. The Bertz CT molecular complexity index is 1670. The molecule has 0 aliphatic heterocycles. The fourth-order valence-electron chi connectivity index (χ4n) is 7.71. The van der Waals surface area contributed by atoms with Crippen LogP contribution < -0.4 is 0 Å². The Hall–Kier alpha value is -3.95. The summed E-state index contributed by atoms with van der Waals surface area (Å²) < 4.78 is 46.5. The van der Waals surface area contributed by atoms with Crippen LogP contribution in [0.2, 0.25) is 0 Å². The van der Waals surface area contributed by atoms with Gasteiger partial charge in [0.25, 0.3) is 0 Å². The minimum Gasteiger partial charge on any atom is -0.450 e. The number of allylic oxidation sites excluding steroid dienone is 2. The fraction of sp³-hybridized carbons (Fsp3) is 0.450. The second-order valence-electron chi connectivity index (χ2n) is 13.9. The van der Waals surface area contributed by atoms with Crippen LogP contribution in [0.3, 0.4) is 0 Å². The maximum atomic E-state index is 14.2. The van der Waals surface area contributed by atoms with Crippen LogP contribution in [0.25, 0.3) is 0 Å². The minimum absolute atomic E-state index is 0.00237. The van der Waals surface area contributed by atoms with E-state index in [0.717, 1.165) is 23.3 Å². The number of ketones is 1. The van der Waals surface area contributed by atoms with Crippen molar-refractivity contribution in [3.8, 4) is 0 Å². The molecule has 3 aromatic rings. The van der Waals surface area contributed by atoms with E-state index < -0.39 is 40.7 Å². The molecule has 0 unspecified atom stereocenters. The zero-order chi connectivity index (χ0) is 35.4. The van der Waals surface area contributed by atoms with E-state index in [0.29, 0.717) is 49.7 Å². The lowest BCUT2D eigenvalue weighted by molar-refractivity contribution is -0.137. The Morgan fingerprint density at radius 2 is 1.76 bits per heavy atom. The molecule has 2 bridgehead atoms. The molecule has 6 rings (SSSR count). The first-order valence-corrected chi connectivity index (χ1v) is 17.1. The second-order valence-corrected chi connectivity index (χ2v) is 13.9. The van der Waals surface area contributed by atoms with Gasteiger partial charge in [-0.3, -0.25) is 4.79 Å². The van der Waals surface area contributed by atoms with Gasteiger partial charge in [0, 0.05) is 23.1 Å². The van der Waals surface area contributed by atoms with Gasteiger partial charge < -0.3 is 19.8 Å². The lowest BCUT2D eigenvalue weighted by atomic mass is 9.64. The molecule has 3 aromatic carbocycles. The number of rotatable bonds is 7. The van der Waals surface area contributed by atoms with Gasteiger partial charge in [-0.15, -0.1) is 0 Å². The lowest BCUT2D eigenvalue weighted by Gasteiger charge is -2.46. The third-order valence-corrected chi connectivity index (χ3v) is 10.6. The zero-order valence-electron chi connectivity index (χ0n) is 28.4. The molecule has 2 N–H and O–H groups in total. The number of aliphatic hydroxyl groups is 2. The van der Waals surface area contributed by atoms with Crippen LogP contribution in [-0.2, 0) is 23.9 Å². The van der Waals surface area contributed by atoms with Crippen molar-refractivity contribution < 1.29 is 37.7 Å². The van der Waals surface area contributed by atoms with Crippen LogP contribution >= 0.6 is 0 Å². The summed E-state index contributed by atoms with van der Waals surface area (Å²) in [5.74, 6) is -0.908. The molecule has 9 heteroatoms. The summed E-state index contributed by atoms with van der Waals surface area (Å²) >= 11 is 0. The first-order chi connectivity index (χ1) is 23.2. The number of hydrogen-bond acceptors (Lipinski definition) is 5. The predicted octanol–water partition coefficient (Wildman–Crippen LogP) is 8.63. The van der Waals surface area contributed by atoms with E-state index in [2.05, 4.69) is 6.08 Å². The molecule has 3 aliphatic carbocycles. The van der Waals surface area contributed by atoms with Crippen LogP contribution in [-0.4, -0.2) is 51.8 Å². The van der Waals surface area contributed by atoms with Crippen LogP contribution in [0.1, 0.15) is 103 Å². The average molecular weight is 678 g/mol. The van der Waals surface area contributed by atoms with E-state index in [4.69, 9.17) is 4.74 Å². The minimum atomic E-state index is -4.62. The summed E-state index contributed by atoms with van der Waals surface area (Å²) in [4.78, 5) is 29.1. The van der Waals surface area contributed by atoms with Gasteiger partial charge in [0.15, 0.2) is 5.78 Å². The molecular formula is C40H46F3NO5. The van der Waals surface area contributed by atoms with Crippen molar-refractivity contribution in [3.63, 3.8) is 0 Å². The van der Waals surface area contributed by atoms with Crippen LogP contribution in [0, 0.1) is 5.41 Å². The first-order valence-electron chi connectivity index (χ1n) is 17.1. The van der Waals surface area contributed by atoms with Gasteiger partial charge in [-0.25, -0.2) is 4.79 Å².